The first-order chi connectivity index (χ1) is 12.8. The number of nitrogens with one attached hydrogen (secondary N) is 1. The molecule has 0 bridgehead atoms. The molecule has 6 nitrogen and oxygen atoms in total. The van der Waals surface area contributed by atoms with Crippen LogP contribution in [0.1, 0.15) is 43.5 Å². The van der Waals surface area contributed by atoms with Crippen LogP contribution in [0.25, 0.3) is 0 Å². The topological polar surface area (TPSA) is 59.4 Å². The van der Waals surface area contributed by atoms with E-state index in [1.807, 2.05) is 6.92 Å². The van der Waals surface area contributed by atoms with E-state index in [1.54, 1.807) is 0 Å². The number of aryl methyl sites for hydroxylation is 1. The average Bonchev–Trinajstić information content (AvgIpc) is 3.36. The SMILES string of the molecule is C[C@@H](CN1CCOCC1)NC(=O)CCn1nc(C(F)(F)F)c(Cl)c1C1CC1. The number of halogens is 4. The Kier molecular flexibility index (Phi) is 6.32. The highest BCUT2D eigenvalue weighted by atomic mass is 35.5. The van der Waals surface area contributed by atoms with E-state index in [-0.39, 0.29) is 35.9 Å². The van der Waals surface area contributed by atoms with Crippen LogP contribution in [-0.4, -0.2) is 59.5 Å². The molecule has 2 heterocycles. The summed E-state index contributed by atoms with van der Waals surface area (Å²) in [5.74, 6) is -0.206. The molecule has 0 aromatic carbocycles. The van der Waals surface area contributed by atoms with Gasteiger partial charge in [-0.2, -0.15) is 18.3 Å². The minimum absolute atomic E-state index is 0.00408. The maximum Gasteiger partial charge on any atom is 0.436 e. The van der Waals surface area contributed by atoms with E-state index in [9.17, 15) is 18.0 Å². The van der Waals surface area contributed by atoms with Crippen molar-refractivity contribution in [2.24, 2.45) is 0 Å². The zero-order chi connectivity index (χ0) is 19.6. The number of ether oxygens (including phenoxy) is 1. The van der Waals surface area contributed by atoms with Gasteiger partial charge in [-0.1, -0.05) is 11.6 Å². The van der Waals surface area contributed by atoms with Crippen molar-refractivity contribution in [2.75, 3.05) is 32.8 Å². The summed E-state index contributed by atoms with van der Waals surface area (Å²) < 4.78 is 45.7. The lowest BCUT2D eigenvalue weighted by Crippen LogP contribution is -2.46. The van der Waals surface area contributed by atoms with Crippen molar-refractivity contribution in [3.8, 4) is 0 Å². The molecule has 1 aromatic heterocycles. The summed E-state index contributed by atoms with van der Waals surface area (Å²) in [4.78, 5) is 14.4. The number of amides is 1. The van der Waals surface area contributed by atoms with Crippen molar-refractivity contribution in [2.45, 2.75) is 50.9 Å². The molecule has 1 saturated heterocycles. The third-order valence-electron chi connectivity index (χ3n) is 4.76. The molecule has 0 radical (unpaired) electrons. The van der Waals surface area contributed by atoms with Crippen LogP contribution in [0.4, 0.5) is 13.2 Å². The Morgan fingerprint density at radius 3 is 2.63 bits per heavy atom. The van der Waals surface area contributed by atoms with Crippen molar-refractivity contribution in [3.63, 3.8) is 0 Å². The fraction of sp³-hybridized carbons (Fsp3) is 0.765. The average molecular weight is 409 g/mol. The molecule has 1 atom stereocenters. The van der Waals surface area contributed by atoms with E-state index >= 15 is 0 Å². The third-order valence-corrected chi connectivity index (χ3v) is 5.13. The highest BCUT2D eigenvalue weighted by Gasteiger charge is 2.42. The smallest absolute Gasteiger partial charge is 0.379 e. The molecule has 1 N–H and O–H groups in total. The highest BCUT2D eigenvalue weighted by Crippen LogP contribution is 2.46. The highest BCUT2D eigenvalue weighted by molar-refractivity contribution is 6.32. The number of aromatic nitrogens is 2. The maximum absolute atomic E-state index is 13.1. The number of nitrogens with zero attached hydrogens (tertiary/aromatic N) is 3. The summed E-state index contributed by atoms with van der Waals surface area (Å²) in [6.45, 7) is 5.74. The van der Waals surface area contributed by atoms with Gasteiger partial charge in [0, 0.05) is 38.0 Å². The number of rotatable bonds is 7. The van der Waals surface area contributed by atoms with E-state index in [0.29, 0.717) is 25.5 Å². The number of hydrogen-bond acceptors (Lipinski definition) is 4. The summed E-state index contributed by atoms with van der Waals surface area (Å²) in [5, 5.41) is 6.21. The van der Waals surface area contributed by atoms with E-state index in [0.717, 1.165) is 25.9 Å². The molecule has 2 aliphatic rings. The van der Waals surface area contributed by atoms with Crippen LogP contribution in [0.3, 0.4) is 0 Å². The Labute approximate surface area is 161 Å². The molecule has 27 heavy (non-hydrogen) atoms. The quantitative estimate of drug-likeness (QED) is 0.753. The van der Waals surface area contributed by atoms with Gasteiger partial charge >= 0.3 is 6.18 Å². The second kappa shape index (κ2) is 8.36. The van der Waals surface area contributed by atoms with Crippen LogP contribution in [0, 0.1) is 0 Å². The van der Waals surface area contributed by atoms with Crippen molar-refractivity contribution >= 4 is 17.5 Å². The minimum atomic E-state index is -4.60. The van der Waals surface area contributed by atoms with E-state index in [2.05, 4.69) is 15.3 Å². The molecule has 0 unspecified atom stereocenters. The second-order valence-electron chi connectivity index (χ2n) is 7.17. The number of alkyl halides is 3. The first kappa shape index (κ1) is 20.4. The van der Waals surface area contributed by atoms with Gasteiger partial charge in [-0.25, -0.2) is 0 Å². The standard InChI is InChI=1S/C17H24ClF3N4O2/c1-11(10-24-6-8-27-9-7-24)22-13(26)4-5-25-15(12-2-3-12)14(18)16(23-25)17(19,20)21/h11-12H,2-10H2,1H3,(H,22,26)/t11-/m0/s1. The Hall–Kier alpha value is -1.32. The van der Waals surface area contributed by atoms with Crippen LogP contribution >= 0.6 is 11.6 Å². The van der Waals surface area contributed by atoms with Crippen molar-refractivity contribution in [1.29, 1.82) is 0 Å². The van der Waals surface area contributed by atoms with Crippen LogP contribution in [0.5, 0.6) is 0 Å². The second-order valence-corrected chi connectivity index (χ2v) is 7.55. The number of morpholine rings is 1. The molecule has 1 amide bonds. The molecular weight excluding hydrogens is 385 g/mol. The summed E-state index contributed by atoms with van der Waals surface area (Å²) in [6, 6.07) is -0.0505. The van der Waals surface area contributed by atoms with Gasteiger partial charge < -0.3 is 10.1 Å². The molecule has 0 spiro atoms. The first-order valence-corrected chi connectivity index (χ1v) is 9.56. The summed E-state index contributed by atoms with van der Waals surface area (Å²) in [5.41, 5.74) is -0.662. The van der Waals surface area contributed by atoms with E-state index in [4.69, 9.17) is 16.3 Å². The van der Waals surface area contributed by atoms with Crippen LogP contribution in [0.2, 0.25) is 5.02 Å². The monoisotopic (exact) mass is 408 g/mol. The third kappa shape index (κ3) is 5.36. The fourth-order valence-corrected chi connectivity index (χ4v) is 3.72. The van der Waals surface area contributed by atoms with Crippen LogP contribution in [0.15, 0.2) is 0 Å². The van der Waals surface area contributed by atoms with Gasteiger partial charge in [-0.15, -0.1) is 0 Å². The summed E-state index contributed by atoms with van der Waals surface area (Å²) >= 11 is 5.94. The molecular formula is C17H24ClF3N4O2. The van der Waals surface area contributed by atoms with Crippen molar-refractivity contribution in [1.82, 2.24) is 20.0 Å². The Bertz CT molecular complexity index is 670. The number of carbonyl (C=O) groups is 1. The molecule has 3 rings (SSSR count). The number of hydrogen-bond donors (Lipinski definition) is 1. The molecule has 10 heteroatoms. The lowest BCUT2D eigenvalue weighted by Gasteiger charge is -2.29. The first-order valence-electron chi connectivity index (χ1n) is 9.18. The lowest BCUT2D eigenvalue weighted by atomic mass is 10.2. The number of carbonyl (C=O) groups excluding carboxylic acids is 1. The van der Waals surface area contributed by atoms with Gasteiger partial charge in [-0.3, -0.25) is 14.4 Å². The molecule has 1 aliphatic carbocycles. The molecule has 152 valence electrons. The predicted molar refractivity (Wildman–Crippen MR) is 93.7 cm³/mol. The summed E-state index contributed by atoms with van der Waals surface area (Å²) in [6.07, 6.45) is -2.94. The Balaban J connectivity index is 1.55. The zero-order valence-electron chi connectivity index (χ0n) is 15.2. The van der Waals surface area contributed by atoms with Crippen molar-refractivity contribution < 1.29 is 22.7 Å². The lowest BCUT2D eigenvalue weighted by molar-refractivity contribution is -0.141. The van der Waals surface area contributed by atoms with Gasteiger partial charge in [0.2, 0.25) is 5.91 Å². The van der Waals surface area contributed by atoms with Gasteiger partial charge in [0.15, 0.2) is 5.69 Å². The molecule has 2 fully saturated rings. The normalized spacial score (nSPS) is 19.9. The predicted octanol–water partition coefficient (Wildman–Crippen LogP) is 2.66. The van der Waals surface area contributed by atoms with Gasteiger partial charge in [0.25, 0.3) is 0 Å². The summed E-state index contributed by atoms with van der Waals surface area (Å²) in [7, 11) is 0. The minimum Gasteiger partial charge on any atom is -0.379 e. The maximum atomic E-state index is 13.1. The van der Waals surface area contributed by atoms with E-state index in [1.165, 1.54) is 4.68 Å². The van der Waals surface area contributed by atoms with Gasteiger partial charge in [-0.05, 0) is 19.8 Å². The Morgan fingerprint density at radius 1 is 1.37 bits per heavy atom. The van der Waals surface area contributed by atoms with E-state index < -0.39 is 11.9 Å². The van der Waals surface area contributed by atoms with Crippen LogP contribution < -0.4 is 5.32 Å². The Morgan fingerprint density at radius 2 is 2.04 bits per heavy atom. The molecule has 1 aliphatic heterocycles. The zero-order valence-corrected chi connectivity index (χ0v) is 15.9. The van der Waals surface area contributed by atoms with Crippen molar-refractivity contribution in [3.05, 3.63) is 16.4 Å². The molecule has 1 aromatic rings. The van der Waals surface area contributed by atoms with Gasteiger partial charge in [0.1, 0.15) is 0 Å². The molecule has 1 saturated carbocycles. The fourth-order valence-electron chi connectivity index (χ4n) is 3.32. The largest absolute Gasteiger partial charge is 0.436 e. The van der Waals surface area contributed by atoms with Gasteiger partial charge in [0.05, 0.1) is 30.5 Å². The van der Waals surface area contributed by atoms with Crippen LogP contribution in [-0.2, 0) is 22.3 Å².